The molecular weight excluding hydrogens is 198 g/mol. The van der Waals surface area contributed by atoms with Gasteiger partial charge in [0.25, 0.3) is 0 Å². The van der Waals surface area contributed by atoms with Crippen LogP contribution in [0.2, 0.25) is 0 Å². The molecule has 0 saturated carbocycles. The number of nitrogens with zero attached hydrogens (tertiary/aromatic N) is 1. The topological polar surface area (TPSA) is 84.7 Å². The SMILES string of the molecule is COC(=O)NC1CCN(CCC(N)=O)C1. The minimum Gasteiger partial charge on any atom is -0.453 e. The summed E-state index contributed by atoms with van der Waals surface area (Å²) in [4.78, 5) is 23.6. The van der Waals surface area contributed by atoms with Gasteiger partial charge in [-0.05, 0) is 6.42 Å². The van der Waals surface area contributed by atoms with E-state index in [0.29, 0.717) is 13.0 Å². The standard InChI is InChI=1S/C9H17N3O3/c1-15-9(14)11-7-2-4-12(6-7)5-3-8(10)13/h7H,2-6H2,1H3,(H2,10,13)(H,11,14). The number of nitrogens with two attached hydrogens (primary N) is 1. The van der Waals surface area contributed by atoms with Crippen LogP contribution in [0.3, 0.4) is 0 Å². The predicted molar refractivity (Wildman–Crippen MR) is 54.2 cm³/mol. The van der Waals surface area contributed by atoms with E-state index in [4.69, 9.17) is 5.73 Å². The molecule has 1 aliphatic heterocycles. The normalized spacial score (nSPS) is 21.3. The average Bonchev–Trinajstić information content (AvgIpc) is 2.62. The van der Waals surface area contributed by atoms with Crippen LogP contribution < -0.4 is 11.1 Å². The number of nitrogens with one attached hydrogen (secondary N) is 1. The van der Waals surface area contributed by atoms with Crippen LogP contribution in [-0.2, 0) is 9.53 Å². The van der Waals surface area contributed by atoms with Gasteiger partial charge in [0.1, 0.15) is 0 Å². The minimum atomic E-state index is -0.406. The predicted octanol–water partition coefficient (Wildman–Crippen LogP) is -0.708. The molecule has 1 heterocycles. The van der Waals surface area contributed by atoms with Crippen LogP contribution in [0.1, 0.15) is 12.8 Å². The molecule has 1 rings (SSSR count). The molecule has 0 spiro atoms. The highest BCUT2D eigenvalue weighted by molar-refractivity contribution is 5.73. The maximum absolute atomic E-state index is 10.9. The second-order valence-electron chi connectivity index (χ2n) is 3.64. The number of primary amides is 1. The first-order valence-electron chi connectivity index (χ1n) is 4.97. The molecule has 1 fully saturated rings. The van der Waals surface area contributed by atoms with E-state index in [9.17, 15) is 9.59 Å². The summed E-state index contributed by atoms with van der Waals surface area (Å²) in [5.74, 6) is -0.292. The molecule has 0 aromatic heterocycles. The van der Waals surface area contributed by atoms with Crippen LogP contribution in [0.5, 0.6) is 0 Å². The van der Waals surface area contributed by atoms with E-state index in [2.05, 4.69) is 15.0 Å². The van der Waals surface area contributed by atoms with Crippen molar-refractivity contribution in [2.75, 3.05) is 26.7 Å². The molecule has 1 aliphatic rings. The second kappa shape index (κ2) is 5.55. The van der Waals surface area contributed by atoms with Crippen LogP contribution >= 0.6 is 0 Å². The highest BCUT2D eigenvalue weighted by Crippen LogP contribution is 2.09. The Morgan fingerprint density at radius 2 is 2.33 bits per heavy atom. The van der Waals surface area contributed by atoms with Crippen molar-refractivity contribution in [3.63, 3.8) is 0 Å². The van der Waals surface area contributed by atoms with Crippen LogP contribution in [-0.4, -0.2) is 49.7 Å². The molecule has 1 unspecified atom stereocenters. The number of likely N-dealkylation sites (tertiary alicyclic amines) is 1. The molecule has 1 saturated heterocycles. The molecule has 6 nitrogen and oxygen atoms in total. The van der Waals surface area contributed by atoms with Crippen molar-refractivity contribution in [3.05, 3.63) is 0 Å². The zero-order chi connectivity index (χ0) is 11.3. The van der Waals surface area contributed by atoms with E-state index in [1.54, 1.807) is 0 Å². The minimum absolute atomic E-state index is 0.116. The lowest BCUT2D eigenvalue weighted by atomic mass is 10.3. The van der Waals surface area contributed by atoms with Gasteiger partial charge in [0.2, 0.25) is 5.91 Å². The molecule has 0 aliphatic carbocycles. The van der Waals surface area contributed by atoms with Gasteiger partial charge < -0.3 is 20.7 Å². The number of ether oxygens (including phenoxy) is 1. The third-order valence-corrected chi connectivity index (χ3v) is 2.45. The lowest BCUT2D eigenvalue weighted by Gasteiger charge is -2.15. The van der Waals surface area contributed by atoms with Crippen LogP contribution in [0.15, 0.2) is 0 Å². The zero-order valence-electron chi connectivity index (χ0n) is 8.86. The van der Waals surface area contributed by atoms with Gasteiger partial charge in [-0.1, -0.05) is 0 Å². The van der Waals surface area contributed by atoms with Gasteiger partial charge in [0, 0.05) is 32.1 Å². The van der Waals surface area contributed by atoms with E-state index in [1.807, 2.05) is 0 Å². The molecule has 0 aromatic carbocycles. The molecule has 0 aromatic rings. The van der Waals surface area contributed by atoms with Gasteiger partial charge in [-0.15, -0.1) is 0 Å². The van der Waals surface area contributed by atoms with Gasteiger partial charge in [-0.2, -0.15) is 0 Å². The van der Waals surface area contributed by atoms with Gasteiger partial charge >= 0.3 is 6.09 Å². The molecule has 0 bridgehead atoms. The Morgan fingerprint density at radius 1 is 1.60 bits per heavy atom. The van der Waals surface area contributed by atoms with E-state index >= 15 is 0 Å². The molecule has 6 heteroatoms. The average molecular weight is 215 g/mol. The number of carbonyl (C=O) groups excluding carboxylic acids is 2. The number of hydrogen-bond donors (Lipinski definition) is 2. The van der Waals surface area contributed by atoms with Crippen molar-refractivity contribution in [1.29, 1.82) is 0 Å². The maximum atomic E-state index is 10.9. The molecule has 0 radical (unpaired) electrons. The van der Waals surface area contributed by atoms with Gasteiger partial charge in [-0.25, -0.2) is 4.79 Å². The molecule has 1 atom stereocenters. The second-order valence-corrected chi connectivity index (χ2v) is 3.64. The Kier molecular flexibility index (Phi) is 4.36. The summed E-state index contributed by atoms with van der Waals surface area (Å²) in [7, 11) is 1.34. The van der Waals surface area contributed by atoms with Crippen molar-refractivity contribution in [2.45, 2.75) is 18.9 Å². The summed E-state index contributed by atoms with van der Waals surface area (Å²) < 4.78 is 4.50. The lowest BCUT2D eigenvalue weighted by molar-refractivity contribution is -0.118. The fourth-order valence-electron chi connectivity index (χ4n) is 1.65. The third-order valence-electron chi connectivity index (χ3n) is 2.45. The molecule has 15 heavy (non-hydrogen) atoms. The van der Waals surface area contributed by atoms with Gasteiger partial charge in [0.05, 0.1) is 7.11 Å². The number of rotatable bonds is 4. The van der Waals surface area contributed by atoms with E-state index in [-0.39, 0.29) is 11.9 Å². The molecular formula is C9H17N3O3. The number of alkyl carbamates (subject to hydrolysis) is 1. The molecule has 86 valence electrons. The Morgan fingerprint density at radius 3 is 2.93 bits per heavy atom. The fourth-order valence-corrected chi connectivity index (χ4v) is 1.65. The van der Waals surface area contributed by atoms with Crippen LogP contribution in [0.25, 0.3) is 0 Å². The van der Waals surface area contributed by atoms with Crippen molar-refractivity contribution < 1.29 is 14.3 Å². The summed E-state index contributed by atoms with van der Waals surface area (Å²) >= 11 is 0. The highest BCUT2D eigenvalue weighted by atomic mass is 16.5. The van der Waals surface area contributed by atoms with Crippen LogP contribution in [0, 0.1) is 0 Å². The number of amides is 2. The first-order valence-corrected chi connectivity index (χ1v) is 4.97. The van der Waals surface area contributed by atoms with Gasteiger partial charge in [-0.3, -0.25) is 4.79 Å². The third kappa shape index (κ3) is 4.16. The van der Waals surface area contributed by atoms with E-state index in [1.165, 1.54) is 7.11 Å². The Balaban J connectivity index is 2.20. The zero-order valence-corrected chi connectivity index (χ0v) is 8.86. The van der Waals surface area contributed by atoms with Crippen molar-refractivity contribution in [1.82, 2.24) is 10.2 Å². The summed E-state index contributed by atoms with van der Waals surface area (Å²) in [6.07, 6.45) is 0.843. The van der Waals surface area contributed by atoms with Crippen molar-refractivity contribution >= 4 is 12.0 Å². The number of methoxy groups -OCH3 is 1. The fraction of sp³-hybridized carbons (Fsp3) is 0.778. The Hall–Kier alpha value is -1.30. The van der Waals surface area contributed by atoms with E-state index in [0.717, 1.165) is 19.5 Å². The quantitative estimate of drug-likeness (QED) is 0.649. The Labute approximate surface area is 88.7 Å². The highest BCUT2D eigenvalue weighted by Gasteiger charge is 2.23. The number of carbonyl (C=O) groups is 2. The maximum Gasteiger partial charge on any atom is 0.407 e. The Bertz CT molecular complexity index is 245. The summed E-state index contributed by atoms with van der Waals surface area (Å²) in [6, 6.07) is 0.116. The summed E-state index contributed by atoms with van der Waals surface area (Å²) in [5, 5.41) is 2.73. The molecule has 3 N–H and O–H groups in total. The van der Waals surface area contributed by atoms with Gasteiger partial charge in [0.15, 0.2) is 0 Å². The molecule has 2 amide bonds. The monoisotopic (exact) mass is 215 g/mol. The number of hydrogen-bond acceptors (Lipinski definition) is 4. The lowest BCUT2D eigenvalue weighted by Crippen LogP contribution is -2.37. The largest absolute Gasteiger partial charge is 0.453 e. The summed E-state index contributed by atoms with van der Waals surface area (Å²) in [5.41, 5.74) is 5.05. The summed E-state index contributed by atoms with van der Waals surface area (Å²) in [6.45, 7) is 2.29. The van der Waals surface area contributed by atoms with Crippen LogP contribution in [0.4, 0.5) is 4.79 Å². The van der Waals surface area contributed by atoms with Crippen molar-refractivity contribution in [2.24, 2.45) is 5.73 Å². The van der Waals surface area contributed by atoms with E-state index < -0.39 is 6.09 Å². The smallest absolute Gasteiger partial charge is 0.407 e. The van der Waals surface area contributed by atoms with Crippen molar-refractivity contribution in [3.8, 4) is 0 Å². The first kappa shape index (κ1) is 11.8. The first-order chi connectivity index (χ1) is 7.11.